The molecule has 0 aliphatic carbocycles. The van der Waals surface area contributed by atoms with Crippen LogP contribution >= 0.6 is 0 Å². The molecule has 0 radical (unpaired) electrons. The van der Waals surface area contributed by atoms with Gasteiger partial charge in [-0.1, -0.05) is 12.1 Å². The van der Waals surface area contributed by atoms with E-state index in [4.69, 9.17) is 0 Å². The zero-order valence-electron chi connectivity index (χ0n) is 15.2. The fourth-order valence-electron chi connectivity index (χ4n) is 3.40. The minimum Gasteiger partial charge on any atom is -0.354 e. The van der Waals surface area contributed by atoms with E-state index in [9.17, 15) is 9.59 Å². The first-order valence-corrected chi connectivity index (χ1v) is 9.13. The molecule has 6 nitrogen and oxygen atoms in total. The van der Waals surface area contributed by atoms with E-state index < -0.39 is 6.04 Å². The van der Waals surface area contributed by atoms with Gasteiger partial charge >= 0.3 is 0 Å². The van der Waals surface area contributed by atoms with Gasteiger partial charge in [0.15, 0.2) is 0 Å². The van der Waals surface area contributed by atoms with Crippen LogP contribution in [0.4, 0.5) is 0 Å². The molecule has 2 saturated heterocycles. The van der Waals surface area contributed by atoms with Crippen molar-refractivity contribution in [2.24, 2.45) is 0 Å². The summed E-state index contributed by atoms with van der Waals surface area (Å²) in [5.74, 6) is -0.131. The second-order valence-electron chi connectivity index (χ2n) is 7.10. The van der Waals surface area contributed by atoms with Crippen LogP contribution in [0, 0.1) is 0 Å². The van der Waals surface area contributed by atoms with E-state index in [2.05, 4.69) is 22.2 Å². The molecule has 0 bridgehead atoms. The molecule has 3 rings (SSSR count). The predicted octanol–water partition coefficient (Wildman–Crippen LogP) is 0.785. The molecule has 25 heavy (non-hydrogen) atoms. The zero-order valence-corrected chi connectivity index (χ0v) is 15.2. The number of hydrogen-bond acceptors (Lipinski definition) is 4. The quantitative estimate of drug-likeness (QED) is 0.881. The number of piperazine rings is 1. The van der Waals surface area contributed by atoms with Crippen LogP contribution in [0.1, 0.15) is 29.3 Å². The van der Waals surface area contributed by atoms with Crippen LogP contribution in [0.5, 0.6) is 0 Å². The lowest BCUT2D eigenvalue weighted by Crippen LogP contribution is -2.45. The van der Waals surface area contributed by atoms with Gasteiger partial charge in [-0.05, 0) is 38.1 Å². The molecule has 1 atom stereocenters. The van der Waals surface area contributed by atoms with Crippen LogP contribution < -0.4 is 5.32 Å². The molecule has 2 aliphatic rings. The molecule has 0 spiro atoms. The van der Waals surface area contributed by atoms with Crippen LogP contribution in [0.3, 0.4) is 0 Å². The van der Waals surface area contributed by atoms with Crippen molar-refractivity contribution in [3.63, 3.8) is 0 Å². The number of carbonyl (C=O) groups is 2. The lowest BCUT2D eigenvalue weighted by Gasteiger charge is -2.32. The number of nitrogens with zero attached hydrogens (tertiary/aromatic N) is 3. The molecule has 136 valence electrons. The first kappa shape index (κ1) is 17.9. The van der Waals surface area contributed by atoms with E-state index >= 15 is 0 Å². The van der Waals surface area contributed by atoms with Gasteiger partial charge in [-0.15, -0.1) is 0 Å². The summed E-state index contributed by atoms with van der Waals surface area (Å²) in [5.41, 5.74) is 1.88. The number of benzene rings is 1. The number of carbonyl (C=O) groups excluding carboxylic acids is 2. The highest BCUT2D eigenvalue weighted by atomic mass is 16.2. The summed E-state index contributed by atoms with van der Waals surface area (Å²) in [6.45, 7) is 8.33. The molecule has 1 aromatic rings. The first-order valence-electron chi connectivity index (χ1n) is 9.13. The molecule has 2 fully saturated rings. The Morgan fingerprint density at radius 1 is 1.12 bits per heavy atom. The second kappa shape index (κ2) is 7.97. The largest absolute Gasteiger partial charge is 0.354 e. The lowest BCUT2D eigenvalue weighted by atomic mass is 10.1. The molecule has 1 aromatic carbocycles. The topological polar surface area (TPSA) is 55.9 Å². The van der Waals surface area contributed by atoms with Gasteiger partial charge in [-0.2, -0.15) is 0 Å². The van der Waals surface area contributed by atoms with Gasteiger partial charge in [0, 0.05) is 51.4 Å². The highest BCUT2D eigenvalue weighted by molar-refractivity contribution is 5.97. The standard InChI is InChI=1S/C19H28N4O2/c1-15-18(24)20-8-3-9-23(15)19(25)17-6-4-16(5-7-17)14-22-12-10-21(2)11-13-22/h4-7,15H,3,8-14H2,1-2H3,(H,20,24)/t15-/m1/s1. The number of rotatable bonds is 3. The van der Waals surface area contributed by atoms with E-state index in [1.807, 2.05) is 24.3 Å². The summed E-state index contributed by atoms with van der Waals surface area (Å²) in [6, 6.07) is 7.44. The maximum atomic E-state index is 12.8. The molecular weight excluding hydrogens is 316 g/mol. The van der Waals surface area contributed by atoms with Crippen molar-refractivity contribution in [3.05, 3.63) is 35.4 Å². The first-order chi connectivity index (χ1) is 12.0. The van der Waals surface area contributed by atoms with Crippen LogP contribution in [0.25, 0.3) is 0 Å². The van der Waals surface area contributed by atoms with Gasteiger partial charge < -0.3 is 15.1 Å². The summed E-state index contributed by atoms with van der Waals surface area (Å²) in [4.78, 5) is 31.2. The van der Waals surface area contributed by atoms with Crippen LogP contribution in [-0.2, 0) is 11.3 Å². The number of amides is 2. The number of likely N-dealkylation sites (N-methyl/N-ethyl adjacent to an activating group) is 1. The summed E-state index contributed by atoms with van der Waals surface area (Å²) in [6.07, 6.45) is 0.795. The SMILES string of the molecule is C[C@@H]1C(=O)NCCCN1C(=O)c1ccc(CN2CCN(C)CC2)cc1. The van der Waals surface area contributed by atoms with E-state index in [1.165, 1.54) is 5.56 Å². The smallest absolute Gasteiger partial charge is 0.254 e. The van der Waals surface area contributed by atoms with Gasteiger partial charge in [0.25, 0.3) is 5.91 Å². The summed E-state index contributed by atoms with van der Waals surface area (Å²) < 4.78 is 0. The van der Waals surface area contributed by atoms with Gasteiger partial charge in [-0.3, -0.25) is 14.5 Å². The highest BCUT2D eigenvalue weighted by Crippen LogP contribution is 2.14. The molecule has 0 aromatic heterocycles. The molecular formula is C19H28N4O2. The number of hydrogen-bond donors (Lipinski definition) is 1. The Hall–Kier alpha value is -1.92. The minimum absolute atomic E-state index is 0.0595. The summed E-state index contributed by atoms with van der Waals surface area (Å²) in [5, 5.41) is 2.85. The van der Waals surface area contributed by atoms with Crippen molar-refractivity contribution in [1.29, 1.82) is 0 Å². The van der Waals surface area contributed by atoms with Crippen molar-refractivity contribution in [1.82, 2.24) is 20.0 Å². The molecule has 2 amide bonds. The highest BCUT2D eigenvalue weighted by Gasteiger charge is 2.28. The average molecular weight is 344 g/mol. The third-order valence-corrected chi connectivity index (χ3v) is 5.19. The predicted molar refractivity (Wildman–Crippen MR) is 97.3 cm³/mol. The Morgan fingerprint density at radius 2 is 1.80 bits per heavy atom. The summed E-state index contributed by atoms with van der Waals surface area (Å²) >= 11 is 0. The maximum Gasteiger partial charge on any atom is 0.254 e. The third-order valence-electron chi connectivity index (χ3n) is 5.19. The van der Waals surface area contributed by atoms with Crippen LogP contribution in [0.15, 0.2) is 24.3 Å². The van der Waals surface area contributed by atoms with Crippen LogP contribution in [0.2, 0.25) is 0 Å². The average Bonchev–Trinajstić information content (AvgIpc) is 2.79. The Balaban J connectivity index is 1.63. The van der Waals surface area contributed by atoms with Gasteiger partial charge in [0.2, 0.25) is 5.91 Å². The minimum atomic E-state index is -0.417. The fraction of sp³-hybridized carbons (Fsp3) is 0.579. The van der Waals surface area contributed by atoms with Gasteiger partial charge in [-0.25, -0.2) is 0 Å². The Kier molecular flexibility index (Phi) is 5.71. The van der Waals surface area contributed by atoms with E-state index in [0.717, 1.165) is 39.1 Å². The molecule has 6 heteroatoms. The Labute approximate surface area is 149 Å². The van der Waals surface area contributed by atoms with E-state index in [0.29, 0.717) is 18.7 Å². The maximum absolute atomic E-state index is 12.8. The third kappa shape index (κ3) is 4.38. The van der Waals surface area contributed by atoms with Crippen molar-refractivity contribution in [2.75, 3.05) is 46.3 Å². The summed E-state index contributed by atoms with van der Waals surface area (Å²) in [7, 11) is 2.15. The Bertz CT molecular complexity index is 608. The molecule has 1 N–H and O–H groups in total. The van der Waals surface area contributed by atoms with Crippen molar-refractivity contribution < 1.29 is 9.59 Å². The van der Waals surface area contributed by atoms with Crippen molar-refractivity contribution in [2.45, 2.75) is 25.9 Å². The van der Waals surface area contributed by atoms with E-state index in [1.54, 1.807) is 11.8 Å². The monoisotopic (exact) mass is 344 g/mol. The normalized spacial score (nSPS) is 23.2. The fourth-order valence-corrected chi connectivity index (χ4v) is 3.40. The molecule has 2 heterocycles. The van der Waals surface area contributed by atoms with Crippen LogP contribution in [-0.4, -0.2) is 78.9 Å². The molecule has 0 unspecified atom stereocenters. The van der Waals surface area contributed by atoms with Crippen molar-refractivity contribution >= 4 is 11.8 Å². The van der Waals surface area contributed by atoms with Gasteiger partial charge in [0.1, 0.15) is 6.04 Å². The molecule has 2 aliphatic heterocycles. The van der Waals surface area contributed by atoms with E-state index in [-0.39, 0.29) is 11.8 Å². The number of nitrogens with one attached hydrogen (secondary N) is 1. The Morgan fingerprint density at radius 3 is 2.48 bits per heavy atom. The zero-order chi connectivity index (χ0) is 17.8. The van der Waals surface area contributed by atoms with Gasteiger partial charge in [0.05, 0.1) is 0 Å². The second-order valence-corrected chi connectivity index (χ2v) is 7.10. The molecule has 0 saturated carbocycles. The van der Waals surface area contributed by atoms with Crippen molar-refractivity contribution in [3.8, 4) is 0 Å². The lowest BCUT2D eigenvalue weighted by molar-refractivity contribution is -0.124.